The van der Waals surface area contributed by atoms with Crippen LogP contribution in [0.2, 0.25) is 0 Å². The normalized spacial score (nSPS) is 19.7. The maximum atomic E-state index is 14.1. The van der Waals surface area contributed by atoms with E-state index in [1.807, 2.05) is 4.90 Å². The van der Waals surface area contributed by atoms with Gasteiger partial charge in [-0.2, -0.15) is 0 Å². The van der Waals surface area contributed by atoms with Crippen molar-refractivity contribution in [2.75, 3.05) is 37.4 Å². The molecule has 0 radical (unpaired) electrons. The second kappa shape index (κ2) is 5.72. The van der Waals surface area contributed by atoms with Crippen molar-refractivity contribution in [3.63, 3.8) is 0 Å². The van der Waals surface area contributed by atoms with E-state index in [1.165, 1.54) is 19.2 Å². The number of hydrogen-bond acceptors (Lipinski definition) is 5. The zero-order valence-electron chi connectivity index (χ0n) is 13.0. The largest absolute Gasteiger partial charge is 0.465 e. The fraction of sp³-hybridized carbons (Fsp3) is 0.500. The van der Waals surface area contributed by atoms with Crippen LogP contribution >= 0.6 is 0 Å². The van der Waals surface area contributed by atoms with Gasteiger partial charge in [0.15, 0.2) is 0 Å². The number of nitrogens with one attached hydrogen (secondary N) is 1. The van der Waals surface area contributed by atoms with Gasteiger partial charge in [-0.1, -0.05) is 0 Å². The first-order valence-electron chi connectivity index (χ1n) is 7.67. The van der Waals surface area contributed by atoms with E-state index in [4.69, 9.17) is 5.73 Å². The number of nitrogens with zero attached hydrogens (tertiary/aromatic N) is 1. The predicted molar refractivity (Wildman–Crippen MR) is 83.7 cm³/mol. The van der Waals surface area contributed by atoms with Crippen LogP contribution in [0.25, 0.3) is 0 Å². The quantitative estimate of drug-likeness (QED) is 0.633. The van der Waals surface area contributed by atoms with Crippen LogP contribution < -0.4 is 16.0 Å². The van der Waals surface area contributed by atoms with Gasteiger partial charge in [-0.15, -0.1) is 0 Å². The first-order chi connectivity index (χ1) is 11.0. The molecular weight excluding hydrogens is 301 g/mol. The van der Waals surface area contributed by atoms with Crippen LogP contribution in [0.1, 0.15) is 29.6 Å². The molecule has 3 rings (SSSR count). The highest BCUT2D eigenvalue weighted by atomic mass is 19.1. The zero-order valence-corrected chi connectivity index (χ0v) is 13.0. The van der Waals surface area contributed by atoms with E-state index in [2.05, 4.69) is 10.1 Å². The third kappa shape index (κ3) is 2.60. The van der Waals surface area contributed by atoms with Gasteiger partial charge in [0.1, 0.15) is 5.82 Å². The maximum Gasteiger partial charge on any atom is 0.340 e. The lowest BCUT2D eigenvalue weighted by Gasteiger charge is -2.39. The van der Waals surface area contributed by atoms with Crippen molar-refractivity contribution in [1.29, 1.82) is 0 Å². The minimum atomic E-state index is -0.749. The Hall–Kier alpha value is -2.31. The van der Waals surface area contributed by atoms with Gasteiger partial charge in [0.25, 0.3) is 0 Å². The van der Waals surface area contributed by atoms with E-state index < -0.39 is 11.8 Å². The molecule has 2 heterocycles. The van der Waals surface area contributed by atoms with E-state index in [1.54, 1.807) is 0 Å². The van der Waals surface area contributed by atoms with Crippen LogP contribution in [0.4, 0.5) is 15.8 Å². The number of piperidine rings is 1. The van der Waals surface area contributed by atoms with Crippen LogP contribution in [0.5, 0.6) is 0 Å². The number of carbonyl (C=O) groups excluding carboxylic acids is 2. The first kappa shape index (κ1) is 15.6. The molecule has 1 spiro atoms. The second-order valence-electron chi connectivity index (χ2n) is 6.16. The Labute approximate surface area is 133 Å². The summed E-state index contributed by atoms with van der Waals surface area (Å²) in [6.07, 6.45) is 2.29. The average Bonchev–Trinajstić information content (AvgIpc) is 2.90. The molecule has 0 atom stereocenters. The molecule has 6 nitrogen and oxygen atoms in total. The van der Waals surface area contributed by atoms with Gasteiger partial charge in [0, 0.05) is 25.7 Å². The Morgan fingerprint density at radius 2 is 2.04 bits per heavy atom. The lowest BCUT2D eigenvalue weighted by molar-refractivity contribution is -0.128. The molecule has 2 saturated heterocycles. The lowest BCUT2D eigenvalue weighted by atomic mass is 9.77. The van der Waals surface area contributed by atoms with Gasteiger partial charge in [-0.25, -0.2) is 9.18 Å². The van der Waals surface area contributed by atoms with E-state index in [-0.39, 0.29) is 16.9 Å². The number of anilines is 2. The van der Waals surface area contributed by atoms with Crippen LogP contribution in [0.3, 0.4) is 0 Å². The molecule has 124 valence electrons. The molecule has 0 saturated carbocycles. The van der Waals surface area contributed by atoms with Crippen LogP contribution in [-0.2, 0) is 9.53 Å². The maximum absolute atomic E-state index is 14.1. The van der Waals surface area contributed by atoms with Gasteiger partial charge in [-0.05, 0) is 25.3 Å². The van der Waals surface area contributed by atoms with E-state index in [0.717, 1.165) is 25.8 Å². The minimum absolute atomic E-state index is 0.123. The summed E-state index contributed by atoms with van der Waals surface area (Å²) in [5.74, 6) is -1.28. The number of rotatable bonds is 2. The Balaban J connectivity index is 1.80. The summed E-state index contributed by atoms with van der Waals surface area (Å²) in [4.78, 5) is 25.5. The number of hydrogen-bond donors (Lipinski definition) is 2. The Morgan fingerprint density at radius 3 is 2.61 bits per heavy atom. The van der Waals surface area contributed by atoms with E-state index in [9.17, 15) is 14.0 Å². The first-order valence-corrected chi connectivity index (χ1v) is 7.67. The van der Waals surface area contributed by atoms with Crippen molar-refractivity contribution >= 4 is 23.3 Å². The van der Waals surface area contributed by atoms with Crippen LogP contribution in [0.15, 0.2) is 12.1 Å². The summed E-state index contributed by atoms with van der Waals surface area (Å²) in [7, 11) is 1.20. The summed E-state index contributed by atoms with van der Waals surface area (Å²) in [6, 6.07) is 2.58. The van der Waals surface area contributed by atoms with Gasteiger partial charge in [0.2, 0.25) is 5.91 Å². The topological polar surface area (TPSA) is 84.7 Å². The molecule has 2 fully saturated rings. The Kier molecular flexibility index (Phi) is 3.87. The number of esters is 1. The predicted octanol–water partition coefficient (Wildman–Crippen LogP) is 1.30. The summed E-state index contributed by atoms with van der Waals surface area (Å²) in [5.41, 5.74) is 6.43. The van der Waals surface area contributed by atoms with Gasteiger partial charge < -0.3 is 20.7 Å². The number of carbonyl (C=O) groups is 2. The zero-order chi connectivity index (χ0) is 16.6. The highest BCUT2D eigenvalue weighted by molar-refractivity contribution is 5.92. The summed E-state index contributed by atoms with van der Waals surface area (Å²) in [6.45, 7) is 1.99. The summed E-state index contributed by atoms with van der Waals surface area (Å²) < 4.78 is 18.7. The molecule has 0 aliphatic carbocycles. The number of nitrogen functional groups attached to an aromatic ring is 1. The number of halogens is 1. The summed E-state index contributed by atoms with van der Waals surface area (Å²) in [5, 5.41) is 2.89. The second-order valence-corrected chi connectivity index (χ2v) is 6.16. The number of amides is 1. The number of benzene rings is 1. The van der Waals surface area contributed by atoms with E-state index in [0.29, 0.717) is 24.5 Å². The number of methoxy groups -OCH3 is 1. The molecule has 2 aliphatic rings. The molecule has 7 heteroatoms. The van der Waals surface area contributed by atoms with Crippen molar-refractivity contribution < 1.29 is 18.7 Å². The molecule has 23 heavy (non-hydrogen) atoms. The molecule has 0 aromatic heterocycles. The van der Waals surface area contributed by atoms with E-state index >= 15 is 0 Å². The fourth-order valence-electron chi connectivity index (χ4n) is 3.49. The smallest absolute Gasteiger partial charge is 0.340 e. The van der Waals surface area contributed by atoms with Gasteiger partial charge in [0.05, 0.1) is 29.5 Å². The molecule has 2 aliphatic heterocycles. The monoisotopic (exact) mass is 321 g/mol. The van der Waals surface area contributed by atoms with Crippen LogP contribution in [0, 0.1) is 11.2 Å². The Morgan fingerprint density at radius 1 is 1.35 bits per heavy atom. The third-order valence-corrected chi connectivity index (χ3v) is 4.95. The van der Waals surface area contributed by atoms with Crippen molar-refractivity contribution in [2.45, 2.75) is 19.3 Å². The molecule has 1 amide bonds. The fourth-order valence-corrected chi connectivity index (χ4v) is 3.49. The van der Waals surface area contributed by atoms with Crippen molar-refractivity contribution in [3.05, 3.63) is 23.5 Å². The molecule has 0 unspecified atom stereocenters. The van der Waals surface area contributed by atoms with Crippen molar-refractivity contribution in [3.8, 4) is 0 Å². The highest BCUT2D eigenvalue weighted by Crippen LogP contribution is 2.40. The molecular formula is C16H20FN3O3. The Bertz CT molecular complexity index is 654. The van der Waals surface area contributed by atoms with Gasteiger partial charge in [-0.3, -0.25) is 4.79 Å². The van der Waals surface area contributed by atoms with Crippen molar-refractivity contribution in [1.82, 2.24) is 5.32 Å². The minimum Gasteiger partial charge on any atom is -0.465 e. The third-order valence-electron chi connectivity index (χ3n) is 4.95. The molecule has 3 N–H and O–H groups in total. The number of ether oxygens (including phenoxy) is 1. The summed E-state index contributed by atoms with van der Waals surface area (Å²) >= 11 is 0. The lowest BCUT2D eigenvalue weighted by Crippen LogP contribution is -2.44. The number of nitrogens with two attached hydrogens (primary N) is 1. The van der Waals surface area contributed by atoms with Gasteiger partial charge >= 0.3 is 5.97 Å². The van der Waals surface area contributed by atoms with Crippen molar-refractivity contribution in [2.24, 2.45) is 5.41 Å². The average molecular weight is 321 g/mol. The molecule has 0 bridgehead atoms. The SMILES string of the molecule is COC(=O)c1cc(N)c(N2CCC3(CCNC3=O)CC2)cc1F. The van der Waals surface area contributed by atoms with Crippen LogP contribution in [-0.4, -0.2) is 38.6 Å². The highest BCUT2D eigenvalue weighted by Gasteiger charge is 2.44. The molecule has 1 aromatic rings. The molecule has 1 aromatic carbocycles. The standard InChI is InChI=1S/C16H20FN3O3/c1-23-14(21)10-8-12(18)13(9-11(10)17)20-6-3-16(4-7-20)2-5-19-15(16)22/h8-9H,2-7,18H2,1H3,(H,19,22).